The van der Waals surface area contributed by atoms with Crippen molar-refractivity contribution >= 4 is 11.6 Å². The van der Waals surface area contributed by atoms with Gasteiger partial charge in [-0.15, -0.1) is 5.10 Å². The molecule has 1 N–H and O–H groups in total. The molecule has 0 spiro atoms. The quantitative estimate of drug-likeness (QED) is 0.787. The highest BCUT2D eigenvalue weighted by atomic mass is 19.4. The Kier molecular flexibility index (Phi) is 2.04. The molecule has 84 valence electrons. The van der Waals surface area contributed by atoms with Crippen LogP contribution in [0, 0.1) is 0 Å². The first kappa shape index (κ1) is 10.3. The molecule has 0 saturated heterocycles. The largest absolute Gasteiger partial charge is 0.478 e. The van der Waals surface area contributed by atoms with Gasteiger partial charge in [0.15, 0.2) is 11.3 Å². The lowest BCUT2D eigenvalue weighted by Crippen LogP contribution is -2.19. The van der Waals surface area contributed by atoms with Crippen LogP contribution in [0.25, 0.3) is 5.65 Å². The third-order valence-corrected chi connectivity index (χ3v) is 1.82. The third kappa shape index (κ3) is 1.45. The highest BCUT2D eigenvalue weighted by Gasteiger charge is 2.39. The number of alkyl halides is 3. The molecule has 0 amide bonds. The molecule has 0 aliphatic rings. The number of nitrogens with zero attached hydrogens (tertiary/aromatic N) is 4. The molecule has 0 aromatic carbocycles. The molecule has 2 rings (SSSR count). The Morgan fingerprint density at radius 2 is 2.06 bits per heavy atom. The number of hydrogen-bond acceptors (Lipinski definition) is 4. The lowest BCUT2D eigenvalue weighted by Gasteiger charge is -2.10. The second kappa shape index (κ2) is 3.15. The number of aromatic carboxylic acids is 1. The molecular formula is C7H3F3N4O2. The van der Waals surface area contributed by atoms with Crippen LogP contribution >= 0.6 is 0 Å². The number of carboxylic acid groups (broad SMARTS) is 1. The van der Waals surface area contributed by atoms with Gasteiger partial charge in [-0.2, -0.15) is 17.7 Å². The topological polar surface area (TPSA) is 80.4 Å². The van der Waals surface area contributed by atoms with Gasteiger partial charge in [0.1, 0.15) is 5.56 Å². The standard InChI is InChI=1S/C7H3F3N4O2/c8-7(9,10)5-3(6(15)16)1-11-4-2-12-13-14(4)5/h1-2H,(H,15,16). The van der Waals surface area contributed by atoms with Crippen LogP contribution in [0.1, 0.15) is 16.1 Å². The predicted octanol–water partition coefficient (Wildman–Crippen LogP) is 0.841. The first-order valence-electron chi connectivity index (χ1n) is 3.91. The van der Waals surface area contributed by atoms with Crippen molar-refractivity contribution in [2.45, 2.75) is 6.18 Å². The van der Waals surface area contributed by atoms with Crippen LogP contribution in [-0.2, 0) is 6.18 Å². The molecule has 0 unspecified atom stereocenters. The summed E-state index contributed by atoms with van der Waals surface area (Å²) in [6.07, 6.45) is -3.21. The second-order valence-corrected chi connectivity index (χ2v) is 2.83. The van der Waals surface area contributed by atoms with Crippen molar-refractivity contribution in [3.63, 3.8) is 0 Å². The molecule has 0 atom stereocenters. The summed E-state index contributed by atoms with van der Waals surface area (Å²) >= 11 is 0. The smallest absolute Gasteiger partial charge is 0.434 e. The van der Waals surface area contributed by atoms with E-state index in [0.29, 0.717) is 10.7 Å². The number of halogens is 3. The molecule has 2 aromatic rings. The predicted molar refractivity (Wildman–Crippen MR) is 42.7 cm³/mol. The molecule has 9 heteroatoms. The SMILES string of the molecule is O=C(O)c1cnc2cnnn2c1C(F)(F)F. The van der Waals surface area contributed by atoms with Gasteiger partial charge >= 0.3 is 12.1 Å². The van der Waals surface area contributed by atoms with Crippen LogP contribution < -0.4 is 0 Å². The zero-order valence-corrected chi connectivity index (χ0v) is 7.43. The van der Waals surface area contributed by atoms with E-state index < -0.39 is 23.4 Å². The van der Waals surface area contributed by atoms with Gasteiger partial charge in [-0.1, -0.05) is 5.21 Å². The van der Waals surface area contributed by atoms with Crippen LogP contribution in [0.3, 0.4) is 0 Å². The maximum atomic E-state index is 12.6. The summed E-state index contributed by atoms with van der Waals surface area (Å²) in [7, 11) is 0. The minimum Gasteiger partial charge on any atom is -0.478 e. The number of aromatic nitrogens is 4. The van der Waals surface area contributed by atoms with Gasteiger partial charge < -0.3 is 5.11 Å². The molecule has 0 saturated carbocycles. The molecule has 2 heterocycles. The summed E-state index contributed by atoms with van der Waals surface area (Å²) in [6.45, 7) is 0. The van der Waals surface area contributed by atoms with Gasteiger partial charge in [0.05, 0.1) is 6.20 Å². The van der Waals surface area contributed by atoms with E-state index in [9.17, 15) is 18.0 Å². The fourth-order valence-corrected chi connectivity index (χ4v) is 1.21. The number of fused-ring (bicyclic) bond motifs is 1. The van der Waals surface area contributed by atoms with E-state index in [1.807, 2.05) is 0 Å². The normalized spacial score (nSPS) is 11.9. The molecule has 0 radical (unpaired) electrons. The van der Waals surface area contributed by atoms with Crippen LogP contribution in [0.5, 0.6) is 0 Å². The number of carboxylic acids is 1. The molecule has 16 heavy (non-hydrogen) atoms. The van der Waals surface area contributed by atoms with Crippen molar-refractivity contribution in [3.05, 3.63) is 23.7 Å². The summed E-state index contributed by atoms with van der Waals surface area (Å²) in [5.74, 6) is -1.72. The summed E-state index contributed by atoms with van der Waals surface area (Å²) < 4.78 is 38.3. The van der Waals surface area contributed by atoms with E-state index in [-0.39, 0.29) is 5.65 Å². The molecule has 0 aliphatic carbocycles. The Labute approximate surface area is 85.3 Å². The zero-order valence-electron chi connectivity index (χ0n) is 7.43. The van der Waals surface area contributed by atoms with E-state index in [0.717, 1.165) is 6.20 Å². The maximum Gasteiger partial charge on any atom is 0.434 e. The van der Waals surface area contributed by atoms with Crippen LogP contribution in [-0.4, -0.2) is 30.9 Å². The molecule has 2 aromatic heterocycles. The minimum atomic E-state index is -4.84. The van der Waals surface area contributed by atoms with Gasteiger partial charge in [0.25, 0.3) is 0 Å². The Bertz CT molecular complexity index is 562. The van der Waals surface area contributed by atoms with Crippen molar-refractivity contribution in [1.82, 2.24) is 19.8 Å². The van der Waals surface area contributed by atoms with Crippen molar-refractivity contribution in [2.75, 3.05) is 0 Å². The Morgan fingerprint density at radius 1 is 1.38 bits per heavy atom. The molecule has 0 bridgehead atoms. The van der Waals surface area contributed by atoms with E-state index in [2.05, 4.69) is 15.3 Å². The van der Waals surface area contributed by atoms with Crippen molar-refractivity contribution in [2.24, 2.45) is 0 Å². The summed E-state index contributed by atoms with van der Waals surface area (Å²) in [4.78, 5) is 14.1. The van der Waals surface area contributed by atoms with Crippen molar-refractivity contribution in [3.8, 4) is 0 Å². The fraction of sp³-hybridized carbons (Fsp3) is 0.143. The van der Waals surface area contributed by atoms with Crippen LogP contribution in [0.2, 0.25) is 0 Å². The maximum absolute atomic E-state index is 12.6. The number of carbonyl (C=O) groups is 1. The van der Waals surface area contributed by atoms with Crippen LogP contribution in [0.4, 0.5) is 13.2 Å². The minimum absolute atomic E-state index is 0.169. The van der Waals surface area contributed by atoms with Gasteiger partial charge in [-0.3, -0.25) is 0 Å². The van der Waals surface area contributed by atoms with Gasteiger partial charge in [-0.05, 0) is 0 Å². The first-order valence-corrected chi connectivity index (χ1v) is 3.91. The van der Waals surface area contributed by atoms with Crippen molar-refractivity contribution < 1.29 is 23.1 Å². The number of hydrogen-bond donors (Lipinski definition) is 1. The highest BCUT2D eigenvalue weighted by Crippen LogP contribution is 2.31. The van der Waals surface area contributed by atoms with E-state index >= 15 is 0 Å². The second-order valence-electron chi connectivity index (χ2n) is 2.83. The summed E-state index contributed by atoms with van der Waals surface area (Å²) in [5.41, 5.74) is -2.54. The lowest BCUT2D eigenvalue weighted by molar-refractivity contribution is -0.143. The fourth-order valence-electron chi connectivity index (χ4n) is 1.21. The first-order chi connectivity index (χ1) is 7.41. The third-order valence-electron chi connectivity index (χ3n) is 1.82. The Hall–Kier alpha value is -2.19. The molecule has 0 aliphatic heterocycles. The van der Waals surface area contributed by atoms with E-state index in [1.165, 1.54) is 0 Å². The zero-order chi connectivity index (χ0) is 11.9. The molecular weight excluding hydrogens is 229 g/mol. The van der Waals surface area contributed by atoms with Gasteiger partial charge in [-0.25, -0.2) is 9.78 Å². The number of rotatable bonds is 1. The van der Waals surface area contributed by atoms with E-state index in [1.54, 1.807) is 0 Å². The molecule has 0 fully saturated rings. The summed E-state index contributed by atoms with van der Waals surface area (Å²) in [6, 6.07) is 0. The summed E-state index contributed by atoms with van der Waals surface area (Å²) in [5, 5.41) is 15.0. The average molecular weight is 232 g/mol. The monoisotopic (exact) mass is 232 g/mol. The lowest BCUT2D eigenvalue weighted by atomic mass is 10.2. The Balaban J connectivity index is 2.86. The van der Waals surface area contributed by atoms with Crippen molar-refractivity contribution in [1.29, 1.82) is 0 Å². The Morgan fingerprint density at radius 3 is 2.62 bits per heavy atom. The van der Waals surface area contributed by atoms with Gasteiger partial charge in [0, 0.05) is 6.20 Å². The van der Waals surface area contributed by atoms with Crippen LogP contribution in [0.15, 0.2) is 12.4 Å². The molecule has 6 nitrogen and oxygen atoms in total. The van der Waals surface area contributed by atoms with Gasteiger partial charge in [0.2, 0.25) is 0 Å². The highest BCUT2D eigenvalue weighted by molar-refractivity contribution is 5.89. The van der Waals surface area contributed by atoms with E-state index in [4.69, 9.17) is 5.11 Å². The average Bonchev–Trinajstić information content (AvgIpc) is 2.61.